The first-order valence-corrected chi connectivity index (χ1v) is 7.63. The largest absolute Gasteiger partial charge is 0.435 e. The molecule has 0 bridgehead atoms. The van der Waals surface area contributed by atoms with Gasteiger partial charge >= 0.3 is 0 Å². The monoisotopic (exact) mass is 302 g/mol. The number of halogens is 1. The molecule has 0 saturated carbocycles. The van der Waals surface area contributed by atoms with Gasteiger partial charge in [0.25, 0.3) is 5.91 Å². The molecule has 1 aromatic carbocycles. The predicted molar refractivity (Wildman–Crippen MR) is 80.0 cm³/mol. The van der Waals surface area contributed by atoms with Crippen LogP contribution in [0.25, 0.3) is 0 Å². The first-order chi connectivity index (χ1) is 10.6. The lowest BCUT2D eigenvalue weighted by Crippen LogP contribution is -2.30. The Balaban J connectivity index is 1.87. The average Bonchev–Trinajstić information content (AvgIpc) is 3.14. The zero-order valence-corrected chi connectivity index (χ0v) is 12.8. The van der Waals surface area contributed by atoms with Gasteiger partial charge in [-0.25, -0.2) is 9.37 Å². The smallest absolute Gasteiger partial charge is 0.292 e. The lowest BCUT2D eigenvalue weighted by molar-refractivity contribution is 0.0700. The average molecular weight is 302 g/mol. The fraction of sp³-hybridized carbons (Fsp3) is 0.412. The number of hydrogen-bond donors (Lipinski definition) is 0. The highest BCUT2D eigenvalue weighted by molar-refractivity contribution is 5.93. The molecule has 0 N–H and O–H groups in total. The first kappa shape index (κ1) is 14.8. The molecule has 0 spiro atoms. The van der Waals surface area contributed by atoms with E-state index in [1.54, 1.807) is 24.0 Å². The molecule has 0 aliphatic carbocycles. The Hall–Kier alpha value is -2.17. The summed E-state index contributed by atoms with van der Waals surface area (Å²) < 4.78 is 18.7. The number of aryl methyl sites for hydroxylation is 2. The quantitative estimate of drug-likeness (QED) is 0.869. The summed E-state index contributed by atoms with van der Waals surface area (Å²) in [6.07, 6.45) is 2.47. The second-order valence-corrected chi connectivity index (χ2v) is 5.58. The maximum Gasteiger partial charge on any atom is 0.292 e. The van der Waals surface area contributed by atoms with Gasteiger partial charge in [-0.15, -0.1) is 0 Å². The standard InChI is InChI=1S/C17H19FN2O2/c1-3-15-19-11(2)16(22-15)17(21)20-10-4-5-14(20)12-6-8-13(18)9-7-12/h6-9,14H,3-5,10H2,1-2H3. The first-order valence-electron chi connectivity index (χ1n) is 7.63. The third kappa shape index (κ3) is 2.63. The van der Waals surface area contributed by atoms with Gasteiger partial charge in [0.15, 0.2) is 5.89 Å². The number of rotatable bonds is 3. The molecule has 1 atom stereocenters. The van der Waals surface area contributed by atoms with Crippen molar-refractivity contribution < 1.29 is 13.6 Å². The summed E-state index contributed by atoms with van der Waals surface area (Å²) in [5.41, 5.74) is 1.59. The number of nitrogens with zero attached hydrogens (tertiary/aromatic N) is 2. The molecule has 1 aliphatic heterocycles. The fourth-order valence-electron chi connectivity index (χ4n) is 2.97. The van der Waals surface area contributed by atoms with Crippen molar-refractivity contribution >= 4 is 5.91 Å². The molecule has 2 heterocycles. The molecule has 1 aromatic heterocycles. The molecule has 22 heavy (non-hydrogen) atoms. The summed E-state index contributed by atoms with van der Waals surface area (Å²) in [7, 11) is 0. The Kier molecular flexibility index (Phi) is 3.96. The van der Waals surface area contributed by atoms with Crippen LogP contribution in [0.15, 0.2) is 28.7 Å². The zero-order chi connectivity index (χ0) is 15.7. The Labute approximate surface area is 129 Å². The molecule has 1 fully saturated rings. The molecular formula is C17H19FN2O2. The molecule has 3 rings (SSSR count). The van der Waals surface area contributed by atoms with Crippen molar-refractivity contribution in [2.24, 2.45) is 0 Å². The van der Waals surface area contributed by atoms with Crippen molar-refractivity contribution in [3.8, 4) is 0 Å². The van der Waals surface area contributed by atoms with Crippen LogP contribution in [0.5, 0.6) is 0 Å². The van der Waals surface area contributed by atoms with Crippen LogP contribution in [0.3, 0.4) is 0 Å². The third-order valence-electron chi connectivity index (χ3n) is 4.11. The van der Waals surface area contributed by atoms with Crippen molar-refractivity contribution in [3.05, 3.63) is 53.0 Å². The Morgan fingerprint density at radius 3 is 2.77 bits per heavy atom. The molecule has 2 aromatic rings. The van der Waals surface area contributed by atoms with E-state index in [0.717, 1.165) is 18.4 Å². The van der Waals surface area contributed by atoms with E-state index in [4.69, 9.17) is 4.42 Å². The Morgan fingerprint density at radius 2 is 2.14 bits per heavy atom. The van der Waals surface area contributed by atoms with Crippen LogP contribution < -0.4 is 0 Å². The van der Waals surface area contributed by atoms with Crippen LogP contribution >= 0.6 is 0 Å². The highest BCUT2D eigenvalue weighted by atomic mass is 19.1. The zero-order valence-electron chi connectivity index (χ0n) is 12.8. The lowest BCUT2D eigenvalue weighted by atomic mass is 10.0. The molecule has 5 heteroatoms. The Morgan fingerprint density at radius 1 is 1.41 bits per heavy atom. The molecule has 116 valence electrons. The van der Waals surface area contributed by atoms with Crippen molar-refractivity contribution in [3.63, 3.8) is 0 Å². The van der Waals surface area contributed by atoms with Crippen LogP contribution in [0.1, 0.15) is 53.5 Å². The number of carbonyl (C=O) groups excluding carboxylic acids is 1. The van der Waals surface area contributed by atoms with Gasteiger partial charge in [0, 0.05) is 13.0 Å². The summed E-state index contributed by atoms with van der Waals surface area (Å²) in [6, 6.07) is 6.34. The molecule has 4 nitrogen and oxygen atoms in total. The second kappa shape index (κ2) is 5.91. The topological polar surface area (TPSA) is 46.3 Å². The van der Waals surface area contributed by atoms with Gasteiger partial charge in [0.1, 0.15) is 5.82 Å². The van der Waals surface area contributed by atoms with Gasteiger partial charge < -0.3 is 9.32 Å². The molecule has 1 aliphatic rings. The van der Waals surface area contributed by atoms with Crippen LogP contribution in [0, 0.1) is 12.7 Å². The van der Waals surface area contributed by atoms with Gasteiger partial charge in [-0.05, 0) is 37.5 Å². The van der Waals surface area contributed by atoms with E-state index in [2.05, 4.69) is 4.98 Å². The maximum absolute atomic E-state index is 13.1. The van der Waals surface area contributed by atoms with Crippen LogP contribution in [-0.4, -0.2) is 22.3 Å². The number of oxazole rings is 1. The van der Waals surface area contributed by atoms with E-state index in [1.807, 2.05) is 6.92 Å². The second-order valence-electron chi connectivity index (χ2n) is 5.58. The third-order valence-corrected chi connectivity index (χ3v) is 4.11. The molecule has 1 saturated heterocycles. The van der Waals surface area contributed by atoms with Gasteiger partial charge in [-0.1, -0.05) is 19.1 Å². The van der Waals surface area contributed by atoms with Crippen LogP contribution in [0.2, 0.25) is 0 Å². The van der Waals surface area contributed by atoms with Crippen molar-refractivity contribution in [2.75, 3.05) is 6.54 Å². The van der Waals surface area contributed by atoms with Crippen LogP contribution in [-0.2, 0) is 6.42 Å². The summed E-state index contributed by atoms with van der Waals surface area (Å²) in [5, 5.41) is 0. The summed E-state index contributed by atoms with van der Waals surface area (Å²) in [5.74, 6) is 0.513. The van der Waals surface area contributed by atoms with Gasteiger partial charge in [0.05, 0.1) is 11.7 Å². The van der Waals surface area contributed by atoms with Gasteiger partial charge in [-0.2, -0.15) is 0 Å². The summed E-state index contributed by atoms with van der Waals surface area (Å²) in [6.45, 7) is 4.41. The highest BCUT2D eigenvalue weighted by Crippen LogP contribution is 2.33. The number of amides is 1. The predicted octanol–water partition coefficient (Wildman–Crippen LogP) is 3.66. The summed E-state index contributed by atoms with van der Waals surface area (Å²) in [4.78, 5) is 18.8. The molecule has 0 radical (unpaired) electrons. The number of carbonyl (C=O) groups is 1. The summed E-state index contributed by atoms with van der Waals surface area (Å²) >= 11 is 0. The normalized spacial score (nSPS) is 18.0. The maximum atomic E-state index is 13.1. The number of likely N-dealkylation sites (tertiary alicyclic amines) is 1. The minimum atomic E-state index is -0.265. The van der Waals surface area contributed by atoms with Gasteiger partial charge in [-0.3, -0.25) is 4.79 Å². The van der Waals surface area contributed by atoms with E-state index >= 15 is 0 Å². The highest BCUT2D eigenvalue weighted by Gasteiger charge is 2.33. The van der Waals surface area contributed by atoms with Crippen LogP contribution in [0.4, 0.5) is 4.39 Å². The van der Waals surface area contributed by atoms with Crippen molar-refractivity contribution in [1.82, 2.24) is 9.88 Å². The SMILES string of the molecule is CCc1nc(C)c(C(=O)N2CCCC2c2ccc(F)cc2)o1. The van der Waals surface area contributed by atoms with E-state index in [1.165, 1.54) is 12.1 Å². The minimum absolute atomic E-state index is 0.0253. The Bertz CT molecular complexity index is 678. The minimum Gasteiger partial charge on any atom is -0.435 e. The van der Waals surface area contributed by atoms with E-state index < -0.39 is 0 Å². The number of aromatic nitrogens is 1. The van der Waals surface area contributed by atoms with Gasteiger partial charge in [0.2, 0.25) is 5.76 Å². The van der Waals surface area contributed by atoms with Crippen molar-refractivity contribution in [2.45, 2.75) is 39.2 Å². The lowest BCUT2D eigenvalue weighted by Gasteiger charge is -2.24. The number of hydrogen-bond acceptors (Lipinski definition) is 3. The van der Waals surface area contributed by atoms with E-state index in [0.29, 0.717) is 30.3 Å². The number of benzene rings is 1. The van der Waals surface area contributed by atoms with E-state index in [-0.39, 0.29) is 17.8 Å². The molecular weight excluding hydrogens is 283 g/mol. The van der Waals surface area contributed by atoms with Crippen molar-refractivity contribution in [1.29, 1.82) is 0 Å². The molecule has 1 amide bonds. The van der Waals surface area contributed by atoms with E-state index in [9.17, 15) is 9.18 Å². The molecule has 1 unspecified atom stereocenters. The fourth-order valence-corrected chi connectivity index (χ4v) is 2.97.